The third kappa shape index (κ3) is 2.40. The standard InChI is InChI=1S/C10H11FN4S/c1-6(12)7-2-3-9(8(11)4-7)16-10-13-5-14-15-10/h2-6H,12H2,1H3,(H,13,14,15)/t6-/m0/s1. The van der Waals surface area contributed by atoms with Crippen molar-refractivity contribution < 1.29 is 4.39 Å². The van der Waals surface area contributed by atoms with Crippen LogP contribution >= 0.6 is 11.8 Å². The summed E-state index contributed by atoms with van der Waals surface area (Å²) in [5, 5.41) is 6.92. The van der Waals surface area contributed by atoms with Gasteiger partial charge < -0.3 is 5.73 Å². The SMILES string of the molecule is C[C@H](N)c1ccc(Sc2ncn[nH]2)c(F)c1. The predicted molar refractivity (Wildman–Crippen MR) is 59.5 cm³/mol. The van der Waals surface area contributed by atoms with Crippen LogP contribution in [0.1, 0.15) is 18.5 Å². The molecule has 6 heteroatoms. The van der Waals surface area contributed by atoms with Crippen LogP contribution in [-0.2, 0) is 0 Å². The summed E-state index contributed by atoms with van der Waals surface area (Å²) in [6.45, 7) is 1.82. The van der Waals surface area contributed by atoms with E-state index in [-0.39, 0.29) is 11.9 Å². The normalized spacial score (nSPS) is 12.7. The molecule has 1 aromatic carbocycles. The fourth-order valence-corrected chi connectivity index (χ4v) is 1.93. The Labute approximate surface area is 96.5 Å². The van der Waals surface area contributed by atoms with Crippen LogP contribution in [0.5, 0.6) is 0 Å². The molecule has 16 heavy (non-hydrogen) atoms. The van der Waals surface area contributed by atoms with Crippen LogP contribution < -0.4 is 5.73 Å². The number of nitrogens with two attached hydrogens (primary N) is 1. The van der Waals surface area contributed by atoms with E-state index in [4.69, 9.17) is 5.73 Å². The molecule has 1 atom stereocenters. The van der Waals surface area contributed by atoms with E-state index >= 15 is 0 Å². The van der Waals surface area contributed by atoms with Crippen LogP contribution in [-0.4, -0.2) is 15.2 Å². The molecule has 0 unspecified atom stereocenters. The minimum atomic E-state index is -0.295. The van der Waals surface area contributed by atoms with E-state index in [9.17, 15) is 4.39 Å². The molecule has 3 N–H and O–H groups in total. The van der Waals surface area contributed by atoms with Crippen LogP contribution in [0.3, 0.4) is 0 Å². The number of H-pyrrole nitrogens is 1. The van der Waals surface area contributed by atoms with Gasteiger partial charge in [-0.2, -0.15) is 5.10 Å². The average molecular weight is 238 g/mol. The number of nitrogens with one attached hydrogen (secondary N) is 1. The van der Waals surface area contributed by atoms with Crippen LogP contribution in [0, 0.1) is 5.82 Å². The van der Waals surface area contributed by atoms with E-state index in [2.05, 4.69) is 15.2 Å². The first-order chi connectivity index (χ1) is 7.66. The number of benzene rings is 1. The molecule has 0 aliphatic heterocycles. The molecular formula is C10H11FN4S. The van der Waals surface area contributed by atoms with Crippen molar-refractivity contribution in [3.63, 3.8) is 0 Å². The zero-order valence-electron chi connectivity index (χ0n) is 8.64. The first-order valence-corrected chi connectivity index (χ1v) is 5.56. The molecule has 2 rings (SSSR count). The average Bonchev–Trinajstić information content (AvgIpc) is 2.73. The van der Waals surface area contributed by atoms with Crippen molar-refractivity contribution >= 4 is 11.8 Å². The minimum Gasteiger partial charge on any atom is -0.324 e. The van der Waals surface area contributed by atoms with Crippen LogP contribution in [0.4, 0.5) is 4.39 Å². The predicted octanol–water partition coefficient (Wildman–Crippen LogP) is 2.11. The van der Waals surface area contributed by atoms with Gasteiger partial charge in [0.2, 0.25) is 0 Å². The summed E-state index contributed by atoms with van der Waals surface area (Å²) in [5.74, 6) is -0.295. The van der Waals surface area contributed by atoms with Gasteiger partial charge in [0.15, 0.2) is 5.16 Å². The van der Waals surface area contributed by atoms with Gasteiger partial charge in [0, 0.05) is 6.04 Å². The largest absolute Gasteiger partial charge is 0.324 e. The molecular weight excluding hydrogens is 227 g/mol. The van der Waals surface area contributed by atoms with E-state index in [0.717, 1.165) is 5.56 Å². The monoisotopic (exact) mass is 238 g/mol. The summed E-state index contributed by atoms with van der Waals surface area (Å²) in [4.78, 5) is 4.42. The van der Waals surface area contributed by atoms with Gasteiger partial charge in [-0.1, -0.05) is 6.07 Å². The number of hydrogen-bond acceptors (Lipinski definition) is 4. The maximum absolute atomic E-state index is 13.7. The lowest BCUT2D eigenvalue weighted by Crippen LogP contribution is -2.05. The van der Waals surface area contributed by atoms with Crippen molar-refractivity contribution in [1.82, 2.24) is 15.2 Å². The van der Waals surface area contributed by atoms with Gasteiger partial charge in [-0.15, -0.1) is 0 Å². The molecule has 84 valence electrons. The Morgan fingerprint density at radius 1 is 1.50 bits per heavy atom. The number of nitrogens with zero attached hydrogens (tertiary/aromatic N) is 2. The highest BCUT2D eigenvalue weighted by molar-refractivity contribution is 7.99. The summed E-state index contributed by atoms with van der Waals surface area (Å²) in [7, 11) is 0. The van der Waals surface area contributed by atoms with Gasteiger partial charge in [0.1, 0.15) is 12.1 Å². The fraction of sp³-hybridized carbons (Fsp3) is 0.200. The van der Waals surface area contributed by atoms with Gasteiger partial charge in [-0.3, -0.25) is 5.10 Å². The van der Waals surface area contributed by atoms with Crippen LogP contribution in [0.2, 0.25) is 0 Å². The van der Waals surface area contributed by atoms with E-state index in [1.807, 2.05) is 13.0 Å². The van der Waals surface area contributed by atoms with Crippen molar-refractivity contribution in [2.24, 2.45) is 5.73 Å². The Hall–Kier alpha value is -1.40. The third-order valence-corrected chi connectivity index (χ3v) is 3.02. The molecule has 0 spiro atoms. The van der Waals surface area contributed by atoms with Crippen LogP contribution in [0.25, 0.3) is 0 Å². The first-order valence-electron chi connectivity index (χ1n) is 4.75. The van der Waals surface area contributed by atoms with E-state index in [1.165, 1.54) is 24.2 Å². The van der Waals surface area contributed by atoms with Crippen molar-refractivity contribution in [2.45, 2.75) is 23.0 Å². The van der Waals surface area contributed by atoms with Gasteiger partial charge >= 0.3 is 0 Å². The fourth-order valence-electron chi connectivity index (χ4n) is 1.23. The summed E-state index contributed by atoms with van der Waals surface area (Å²) >= 11 is 1.20. The minimum absolute atomic E-state index is 0.168. The summed E-state index contributed by atoms with van der Waals surface area (Å²) in [5.41, 5.74) is 6.44. The molecule has 0 fully saturated rings. The molecule has 0 aliphatic rings. The lowest BCUT2D eigenvalue weighted by atomic mass is 10.1. The molecule has 1 heterocycles. The number of hydrogen-bond donors (Lipinski definition) is 2. The Morgan fingerprint density at radius 2 is 2.31 bits per heavy atom. The summed E-state index contributed by atoms with van der Waals surface area (Å²) in [6, 6.07) is 4.79. The van der Waals surface area contributed by atoms with Crippen molar-refractivity contribution in [1.29, 1.82) is 0 Å². The Morgan fingerprint density at radius 3 is 2.88 bits per heavy atom. The van der Waals surface area contributed by atoms with Crippen LogP contribution in [0.15, 0.2) is 34.6 Å². The maximum Gasteiger partial charge on any atom is 0.188 e. The van der Waals surface area contributed by atoms with E-state index < -0.39 is 0 Å². The van der Waals surface area contributed by atoms with Crippen molar-refractivity contribution in [3.8, 4) is 0 Å². The third-order valence-electron chi connectivity index (χ3n) is 2.08. The van der Waals surface area contributed by atoms with E-state index in [1.54, 1.807) is 6.07 Å². The summed E-state index contributed by atoms with van der Waals surface area (Å²) in [6.07, 6.45) is 1.39. The van der Waals surface area contributed by atoms with Gasteiger partial charge in [-0.05, 0) is 36.4 Å². The second-order valence-corrected chi connectivity index (χ2v) is 4.40. The number of halogens is 1. The zero-order chi connectivity index (χ0) is 11.5. The highest BCUT2D eigenvalue weighted by Crippen LogP contribution is 2.28. The number of aromatic amines is 1. The second-order valence-electron chi connectivity index (χ2n) is 3.37. The molecule has 0 saturated carbocycles. The van der Waals surface area contributed by atoms with Crippen molar-refractivity contribution in [2.75, 3.05) is 0 Å². The molecule has 0 bridgehead atoms. The molecule has 4 nitrogen and oxygen atoms in total. The summed E-state index contributed by atoms with van der Waals surface area (Å²) < 4.78 is 13.7. The first kappa shape index (κ1) is 11.1. The Bertz CT molecular complexity index is 470. The lowest BCUT2D eigenvalue weighted by Gasteiger charge is -2.07. The lowest BCUT2D eigenvalue weighted by molar-refractivity contribution is 0.596. The quantitative estimate of drug-likeness (QED) is 0.859. The topological polar surface area (TPSA) is 67.6 Å². The molecule has 2 aromatic rings. The van der Waals surface area contributed by atoms with Gasteiger partial charge in [0.05, 0.1) is 4.90 Å². The number of rotatable bonds is 3. The molecule has 1 aromatic heterocycles. The number of aromatic nitrogens is 3. The molecule has 0 saturated heterocycles. The molecule has 0 radical (unpaired) electrons. The highest BCUT2D eigenvalue weighted by atomic mass is 32.2. The Balaban J connectivity index is 2.23. The van der Waals surface area contributed by atoms with Gasteiger partial charge in [-0.25, -0.2) is 9.37 Å². The second kappa shape index (κ2) is 4.63. The zero-order valence-corrected chi connectivity index (χ0v) is 9.46. The molecule has 0 amide bonds. The Kier molecular flexibility index (Phi) is 3.21. The highest BCUT2D eigenvalue weighted by Gasteiger charge is 2.08. The van der Waals surface area contributed by atoms with Gasteiger partial charge in [0.25, 0.3) is 0 Å². The van der Waals surface area contributed by atoms with E-state index in [0.29, 0.717) is 10.1 Å². The smallest absolute Gasteiger partial charge is 0.188 e. The maximum atomic E-state index is 13.7. The molecule has 0 aliphatic carbocycles. The van der Waals surface area contributed by atoms with Crippen molar-refractivity contribution in [3.05, 3.63) is 35.9 Å².